The largest absolute Gasteiger partial charge is 0.378 e. The molecular weight excluding hydrogens is 340 g/mol. The van der Waals surface area contributed by atoms with E-state index in [1.807, 2.05) is 0 Å². The monoisotopic (exact) mass is 378 g/mol. The molecule has 0 aromatic rings. The zero-order valence-electron chi connectivity index (χ0n) is 18.2. The predicted molar refractivity (Wildman–Crippen MR) is 118 cm³/mol. The van der Waals surface area contributed by atoms with E-state index in [1.54, 1.807) is 30.6 Å². The van der Waals surface area contributed by atoms with Gasteiger partial charge in [0.2, 0.25) is 0 Å². The van der Waals surface area contributed by atoms with Crippen LogP contribution in [-0.4, -0.2) is 10.7 Å². The minimum atomic E-state index is -0.875. The first kappa shape index (κ1) is 20.0. The molecule has 1 nitrogen and oxygen atoms in total. The van der Waals surface area contributed by atoms with Crippen molar-refractivity contribution >= 4 is 0 Å². The molecule has 4 aliphatic carbocycles. The highest BCUT2D eigenvalue weighted by molar-refractivity contribution is 5.40. The molecule has 0 spiro atoms. The molecule has 3 fully saturated rings. The molecule has 0 amide bonds. The SMILES string of the molecule is CC(C)(O)C#CCC1(C2=CCC3/C(=C/C=C4CCCCC4)CCCC23C)CC1. The molecule has 0 aromatic carbocycles. The first-order chi connectivity index (χ1) is 13.3. The van der Waals surface area contributed by atoms with Crippen LogP contribution in [0.2, 0.25) is 0 Å². The molecule has 4 aliphatic rings. The second-order valence-corrected chi connectivity index (χ2v) is 10.6. The van der Waals surface area contributed by atoms with Gasteiger partial charge in [0, 0.05) is 11.8 Å². The Kier molecular flexibility index (Phi) is 5.39. The lowest BCUT2D eigenvalue weighted by Crippen LogP contribution is -2.33. The zero-order chi connectivity index (χ0) is 19.8. The fourth-order valence-corrected chi connectivity index (χ4v) is 6.16. The van der Waals surface area contributed by atoms with Gasteiger partial charge < -0.3 is 5.11 Å². The molecule has 0 radical (unpaired) electrons. The van der Waals surface area contributed by atoms with E-state index >= 15 is 0 Å². The summed E-state index contributed by atoms with van der Waals surface area (Å²) in [5.74, 6) is 7.09. The lowest BCUT2D eigenvalue weighted by Gasteiger charge is -2.43. The van der Waals surface area contributed by atoms with E-state index in [2.05, 4.69) is 37.0 Å². The van der Waals surface area contributed by atoms with Gasteiger partial charge in [0.1, 0.15) is 5.60 Å². The van der Waals surface area contributed by atoms with E-state index in [4.69, 9.17) is 0 Å². The van der Waals surface area contributed by atoms with Crippen LogP contribution in [0.25, 0.3) is 0 Å². The van der Waals surface area contributed by atoms with Gasteiger partial charge in [-0.25, -0.2) is 0 Å². The van der Waals surface area contributed by atoms with Crippen molar-refractivity contribution in [2.24, 2.45) is 16.7 Å². The fourth-order valence-electron chi connectivity index (χ4n) is 6.16. The third-order valence-electron chi connectivity index (χ3n) is 7.83. The Morgan fingerprint density at radius 3 is 2.50 bits per heavy atom. The quantitative estimate of drug-likeness (QED) is 0.419. The molecule has 152 valence electrons. The summed E-state index contributed by atoms with van der Waals surface area (Å²) in [7, 11) is 0. The van der Waals surface area contributed by atoms with Crippen LogP contribution < -0.4 is 0 Å². The first-order valence-electron chi connectivity index (χ1n) is 11.6. The summed E-state index contributed by atoms with van der Waals surface area (Å²) in [5.41, 5.74) is 4.87. The third kappa shape index (κ3) is 4.04. The maximum absolute atomic E-state index is 9.94. The van der Waals surface area contributed by atoms with Crippen molar-refractivity contribution in [3.05, 3.63) is 34.9 Å². The summed E-state index contributed by atoms with van der Waals surface area (Å²) < 4.78 is 0. The molecular formula is C27H38O. The summed E-state index contributed by atoms with van der Waals surface area (Å²) >= 11 is 0. The highest BCUT2D eigenvalue weighted by Crippen LogP contribution is 2.67. The zero-order valence-corrected chi connectivity index (χ0v) is 18.2. The minimum Gasteiger partial charge on any atom is -0.378 e. The van der Waals surface area contributed by atoms with E-state index < -0.39 is 5.60 Å². The van der Waals surface area contributed by atoms with E-state index in [1.165, 1.54) is 70.6 Å². The summed E-state index contributed by atoms with van der Waals surface area (Å²) in [5, 5.41) is 9.94. The minimum absolute atomic E-state index is 0.312. The van der Waals surface area contributed by atoms with Gasteiger partial charge in [0.15, 0.2) is 0 Å². The highest BCUT2D eigenvalue weighted by atomic mass is 16.3. The maximum Gasteiger partial charge on any atom is 0.119 e. The topological polar surface area (TPSA) is 20.2 Å². The molecule has 0 aliphatic heterocycles. The standard InChI is InChI=1S/C27H38O/c1-25(2,28)16-8-18-27(19-20-27)24-15-14-23-22(11-7-17-26(23,24)3)13-12-21-9-5-4-6-10-21/h12-13,15,23,28H,4-7,9-11,14,17-20H2,1-3H3/b22-13+. The number of aliphatic hydroxyl groups is 1. The van der Waals surface area contributed by atoms with Gasteiger partial charge in [0.25, 0.3) is 0 Å². The molecule has 0 bridgehead atoms. The predicted octanol–water partition coefficient (Wildman–Crippen LogP) is 6.88. The van der Waals surface area contributed by atoms with Crippen molar-refractivity contribution in [2.75, 3.05) is 0 Å². The van der Waals surface area contributed by atoms with Crippen molar-refractivity contribution in [3.8, 4) is 11.8 Å². The van der Waals surface area contributed by atoms with Gasteiger partial charge in [-0.05, 0) is 89.4 Å². The third-order valence-corrected chi connectivity index (χ3v) is 7.83. The van der Waals surface area contributed by atoms with Crippen LogP contribution in [-0.2, 0) is 0 Å². The van der Waals surface area contributed by atoms with Crippen LogP contribution in [0.1, 0.15) is 97.8 Å². The molecule has 3 saturated carbocycles. The Morgan fingerprint density at radius 2 is 1.82 bits per heavy atom. The number of allylic oxidation sites excluding steroid dienone is 6. The van der Waals surface area contributed by atoms with Crippen LogP contribution in [0.4, 0.5) is 0 Å². The Morgan fingerprint density at radius 1 is 1.07 bits per heavy atom. The van der Waals surface area contributed by atoms with E-state index in [0.717, 1.165) is 6.42 Å². The lowest BCUT2D eigenvalue weighted by atomic mass is 9.61. The molecule has 2 atom stereocenters. The van der Waals surface area contributed by atoms with Crippen molar-refractivity contribution in [2.45, 2.75) is 103 Å². The Balaban J connectivity index is 1.51. The smallest absolute Gasteiger partial charge is 0.119 e. The van der Waals surface area contributed by atoms with Gasteiger partial charge >= 0.3 is 0 Å². The van der Waals surface area contributed by atoms with Gasteiger partial charge in [-0.15, -0.1) is 0 Å². The summed E-state index contributed by atoms with van der Waals surface area (Å²) in [4.78, 5) is 0. The molecule has 0 saturated heterocycles. The molecule has 28 heavy (non-hydrogen) atoms. The van der Waals surface area contributed by atoms with E-state index in [-0.39, 0.29) is 0 Å². The van der Waals surface area contributed by atoms with E-state index in [0.29, 0.717) is 16.7 Å². The van der Waals surface area contributed by atoms with Gasteiger partial charge in [-0.2, -0.15) is 0 Å². The molecule has 1 heteroatoms. The average molecular weight is 379 g/mol. The van der Waals surface area contributed by atoms with Crippen LogP contribution in [0.3, 0.4) is 0 Å². The average Bonchev–Trinajstić information content (AvgIpc) is 3.33. The molecule has 2 unspecified atom stereocenters. The van der Waals surface area contributed by atoms with Crippen molar-refractivity contribution in [1.82, 2.24) is 0 Å². The van der Waals surface area contributed by atoms with Gasteiger partial charge in [0.05, 0.1) is 0 Å². The number of rotatable bonds is 3. The second kappa shape index (κ2) is 7.53. The molecule has 4 rings (SSSR count). The van der Waals surface area contributed by atoms with Crippen molar-refractivity contribution in [3.63, 3.8) is 0 Å². The lowest BCUT2D eigenvalue weighted by molar-refractivity contribution is 0.143. The van der Waals surface area contributed by atoms with Gasteiger partial charge in [-0.1, -0.05) is 60.1 Å². The Bertz CT molecular complexity index is 748. The highest BCUT2D eigenvalue weighted by Gasteiger charge is 2.56. The Hall–Kier alpha value is -1.26. The van der Waals surface area contributed by atoms with Crippen LogP contribution >= 0.6 is 0 Å². The van der Waals surface area contributed by atoms with Crippen molar-refractivity contribution < 1.29 is 5.11 Å². The fraction of sp³-hybridized carbons (Fsp3) is 0.704. The first-order valence-corrected chi connectivity index (χ1v) is 11.6. The van der Waals surface area contributed by atoms with Gasteiger partial charge in [-0.3, -0.25) is 0 Å². The molecule has 1 N–H and O–H groups in total. The van der Waals surface area contributed by atoms with Crippen LogP contribution in [0.5, 0.6) is 0 Å². The van der Waals surface area contributed by atoms with E-state index in [9.17, 15) is 5.11 Å². The second-order valence-electron chi connectivity index (χ2n) is 10.6. The Labute approximate surface area is 172 Å². The summed E-state index contributed by atoms with van der Waals surface area (Å²) in [6.07, 6.45) is 23.1. The molecule has 0 heterocycles. The van der Waals surface area contributed by atoms with Crippen LogP contribution in [0, 0.1) is 28.6 Å². The maximum atomic E-state index is 9.94. The normalized spacial score (nSPS) is 33.0. The number of hydrogen-bond donors (Lipinski definition) is 1. The number of hydrogen-bond acceptors (Lipinski definition) is 1. The summed E-state index contributed by atoms with van der Waals surface area (Å²) in [6.45, 7) is 6.11. The van der Waals surface area contributed by atoms with Crippen LogP contribution in [0.15, 0.2) is 34.9 Å². The van der Waals surface area contributed by atoms with Crippen molar-refractivity contribution in [1.29, 1.82) is 0 Å². The number of fused-ring (bicyclic) bond motifs is 1. The molecule has 0 aromatic heterocycles. The summed E-state index contributed by atoms with van der Waals surface area (Å²) in [6, 6.07) is 0.